The van der Waals surface area contributed by atoms with E-state index in [-0.39, 0.29) is 5.91 Å². The molecule has 176 valence electrons. The Hall–Kier alpha value is -3.35. The van der Waals surface area contributed by atoms with Gasteiger partial charge in [-0.3, -0.25) is 4.79 Å². The number of pyridine rings is 1. The van der Waals surface area contributed by atoms with E-state index in [0.29, 0.717) is 23.3 Å². The molecule has 0 N–H and O–H groups in total. The smallest absolute Gasteiger partial charge is 0.254 e. The maximum atomic E-state index is 13.4. The number of fused-ring (bicyclic) bond motifs is 4. The zero-order valence-corrected chi connectivity index (χ0v) is 19.9. The van der Waals surface area contributed by atoms with E-state index in [1.165, 1.54) is 19.3 Å². The Balaban J connectivity index is 1.13. The van der Waals surface area contributed by atoms with Gasteiger partial charge in [0, 0.05) is 48.6 Å². The van der Waals surface area contributed by atoms with Gasteiger partial charge in [-0.1, -0.05) is 0 Å². The highest BCUT2D eigenvalue weighted by molar-refractivity contribution is 5.99. The average Bonchev–Trinajstić information content (AvgIpc) is 3.79. The number of rotatable bonds is 5. The molecule has 1 aliphatic heterocycles. The van der Waals surface area contributed by atoms with Crippen molar-refractivity contribution in [2.75, 3.05) is 13.7 Å². The number of ether oxygens (including phenoxy) is 1. The van der Waals surface area contributed by atoms with E-state index >= 15 is 0 Å². The number of aromatic nitrogens is 4. The van der Waals surface area contributed by atoms with Crippen molar-refractivity contribution in [1.82, 2.24) is 24.0 Å². The van der Waals surface area contributed by atoms with Gasteiger partial charge in [-0.2, -0.15) is 4.98 Å². The van der Waals surface area contributed by atoms with Gasteiger partial charge in [0.05, 0.1) is 23.8 Å². The van der Waals surface area contributed by atoms with Crippen molar-refractivity contribution in [3.05, 3.63) is 42.0 Å². The molecular formula is C28H27N5O2. The van der Waals surface area contributed by atoms with Crippen LogP contribution in [0.15, 0.2) is 36.4 Å². The summed E-state index contributed by atoms with van der Waals surface area (Å²) in [7, 11) is 3.72. The molecule has 0 radical (unpaired) electrons. The van der Waals surface area contributed by atoms with Gasteiger partial charge in [-0.25, -0.2) is 4.98 Å². The van der Waals surface area contributed by atoms with Gasteiger partial charge in [0.1, 0.15) is 5.65 Å². The predicted molar refractivity (Wildman–Crippen MR) is 131 cm³/mol. The highest BCUT2D eigenvalue weighted by Crippen LogP contribution is 2.95. The minimum absolute atomic E-state index is 0.193. The number of benzene rings is 1. The van der Waals surface area contributed by atoms with Crippen molar-refractivity contribution in [2.45, 2.75) is 31.8 Å². The Bertz CT molecular complexity index is 1610. The van der Waals surface area contributed by atoms with Crippen LogP contribution in [0.3, 0.4) is 0 Å². The largest absolute Gasteiger partial charge is 0.481 e. The van der Waals surface area contributed by atoms with E-state index in [4.69, 9.17) is 14.7 Å². The maximum Gasteiger partial charge on any atom is 0.254 e. The number of hydrogen-bond donors (Lipinski definition) is 0. The van der Waals surface area contributed by atoms with Crippen LogP contribution in [0.5, 0.6) is 5.88 Å². The van der Waals surface area contributed by atoms with Crippen molar-refractivity contribution in [3.63, 3.8) is 0 Å². The molecule has 1 spiro atoms. The molecule has 1 saturated heterocycles. The van der Waals surface area contributed by atoms with E-state index in [1.54, 1.807) is 7.11 Å². The number of nitrogens with zero attached hydrogens (tertiary/aromatic N) is 5. The minimum Gasteiger partial charge on any atom is -0.481 e. The Kier molecular flexibility index (Phi) is 3.18. The lowest BCUT2D eigenvalue weighted by Gasteiger charge is -2.28. The summed E-state index contributed by atoms with van der Waals surface area (Å²) in [5, 5.41) is 1.09. The molecule has 9 rings (SSSR count). The quantitative estimate of drug-likeness (QED) is 0.445. The molecule has 5 fully saturated rings. The van der Waals surface area contributed by atoms with E-state index in [0.717, 1.165) is 70.0 Å². The summed E-state index contributed by atoms with van der Waals surface area (Å²) in [6.07, 6.45) is 3.87. The van der Waals surface area contributed by atoms with Crippen LogP contribution in [-0.4, -0.2) is 49.6 Å². The molecule has 2 unspecified atom stereocenters. The number of carbonyl (C=O) groups is 1. The molecule has 4 saturated carbocycles. The third kappa shape index (κ3) is 2.17. The number of methoxy groups -OCH3 is 1. The van der Waals surface area contributed by atoms with Crippen LogP contribution >= 0.6 is 0 Å². The summed E-state index contributed by atoms with van der Waals surface area (Å²) in [5.74, 6) is 4.98. The fourth-order valence-corrected chi connectivity index (χ4v) is 7.94. The maximum absolute atomic E-state index is 13.4. The van der Waals surface area contributed by atoms with Gasteiger partial charge in [0.25, 0.3) is 5.91 Å². The van der Waals surface area contributed by atoms with Crippen molar-refractivity contribution < 1.29 is 9.53 Å². The second-order valence-corrected chi connectivity index (χ2v) is 11.5. The molecule has 35 heavy (non-hydrogen) atoms. The monoisotopic (exact) mass is 465 g/mol. The van der Waals surface area contributed by atoms with E-state index in [9.17, 15) is 4.79 Å². The van der Waals surface area contributed by atoms with Gasteiger partial charge >= 0.3 is 0 Å². The first-order valence-electron chi connectivity index (χ1n) is 12.9. The lowest BCUT2D eigenvalue weighted by molar-refractivity contribution is 0.0748. The molecule has 5 atom stereocenters. The minimum atomic E-state index is 0.193. The van der Waals surface area contributed by atoms with Crippen LogP contribution in [-0.2, 0) is 13.6 Å². The lowest BCUT2D eigenvalue weighted by Crippen LogP contribution is -2.34. The number of aryl methyl sites for hydroxylation is 1. The highest BCUT2D eigenvalue weighted by Gasteiger charge is 2.98. The summed E-state index contributed by atoms with van der Waals surface area (Å²) in [6.45, 7) is 1.90. The van der Waals surface area contributed by atoms with Crippen LogP contribution in [0.2, 0.25) is 0 Å². The molecule has 4 aliphatic carbocycles. The van der Waals surface area contributed by atoms with Gasteiger partial charge in [-0.05, 0) is 73.3 Å². The summed E-state index contributed by atoms with van der Waals surface area (Å²) in [6, 6.07) is 12.8. The van der Waals surface area contributed by atoms with Crippen LogP contribution in [0.4, 0.5) is 0 Å². The topological polar surface area (TPSA) is 65.2 Å². The molecule has 1 amide bonds. The van der Waals surface area contributed by atoms with Crippen molar-refractivity contribution in [3.8, 4) is 17.4 Å². The Morgan fingerprint density at radius 1 is 1.17 bits per heavy atom. The summed E-state index contributed by atoms with van der Waals surface area (Å²) < 4.78 is 9.86. The van der Waals surface area contributed by atoms with Crippen LogP contribution in [0.1, 0.15) is 29.6 Å². The first-order valence-corrected chi connectivity index (χ1v) is 12.9. The fraction of sp³-hybridized carbons (Fsp3) is 0.464. The van der Waals surface area contributed by atoms with Gasteiger partial charge in [-0.15, -0.1) is 0 Å². The molecule has 1 aromatic carbocycles. The number of hydrogen-bond acceptors (Lipinski definition) is 4. The first-order chi connectivity index (χ1) is 17.1. The molecule has 5 aliphatic rings. The molecule has 0 bridgehead atoms. The van der Waals surface area contributed by atoms with Crippen LogP contribution in [0, 0.1) is 29.1 Å². The normalized spacial score (nSPS) is 31.4. The number of carbonyl (C=O) groups excluding carboxylic acids is 1. The number of piperidine rings is 1. The average molecular weight is 466 g/mol. The number of likely N-dealkylation sites (tertiary alicyclic amines) is 1. The summed E-state index contributed by atoms with van der Waals surface area (Å²) >= 11 is 0. The van der Waals surface area contributed by atoms with E-state index < -0.39 is 0 Å². The van der Waals surface area contributed by atoms with Gasteiger partial charge in [0.2, 0.25) is 5.88 Å². The standard InChI is InChI=1S/C28H27N5O2/c1-31-20-7-5-16(27(34)33-13-17-11-18-23-24(33)28(17,18)23)9-19(20)29-26(31)21-10-15-6-8-22(35-2)30-25(15)32(21)12-14-3-4-14/h5-10,14,17-18,23-24H,3-4,11-13H2,1-2H3/t17-,18?,23?,24-,28-/m1/s1. The lowest BCUT2D eigenvalue weighted by atomic mass is 9.75. The molecule has 4 aromatic rings. The predicted octanol–water partition coefficient (Wildman–Crippen LogP) is 4.10. The number of imidazole rings is 1. The van der Waals surface area contributed by atoms with Gasteiger partial charge in [0.15, 0.2) is 5.82 Å². The molecule has 7 nitrogen and oxygen atoms in total. The third-order valence-electron chi connectivity index (χ3n) is 9.97. The summed E-state index contributed by atoms with van der Waals surface area (Å²) in [4.78, 5) is 25.5. The Morgan fingerprint density at radius 3 is 2.80 bits per heavy atom. The third-order valence-corrected chi connectivity index (χ3v) is 9.97. The second-order valence-electron chi connectivity index (χ2n) is 11.5. The molecule has 3 aromatic heterocycles. The van der Waals surface area contributed by atoms with Gasteiger partial charge < -0.3 is 18.8 Å². The van der Waals surface area contributed by atoms with Crippen molar-refractivity contribution >= 4 is 28.0 Å². The van der Waals surface area contributed by atoms with Crippen LogP contribution < -0.4 is 4.74 Å². The SMILES string of the molecule is COc1ccc2cc(-c3nc4cc(C(=O)N5C[C@H]6CC7C8[C@@H]5[C@]786)ccc4n3C)n(CC3CC3)c2n1. The highest BCUT2D eigenvalue weighted by atomic mass is 16.5. The zero-order chi connectivity index (χ0) is 23.2. The second kappa shape index (κ2) is 5.89. The van der Waals surface area contributed by atoms with E-state index in [2.05, 4.69) is 39.3 Å². The Labute approximate surface area is 202 Å². The zero-order valence-electron chi connectivity index (χ0n) is 19.9. The first kappa shape index (κ1) is 18.9. The van der Waals surface area contributed by atoms with Crippen molar-refractivity contribution in [2.24, 2.45) is 36.1 Å². The molecule has 7 heteroatoms. The van der Waals surface area contributed by atoms with E-state index in [1.807, 2.05) is 18.2 Å². The van der Waals surface area contributed by atoms with Crippen molar-refractivity contribution in [1.29, 1.82) is 0 Å². The Morgan fingerprint density at radius 2 is 2.06 bits per heavy atom. The fourth-order valence-electron chi connectivity index (χ4n) is 7.94. The summed E-state index contributed by atoms with van der Waals surface area (Å²) in [5.41, 5.74) is 5.27. The number of amides is 1. The molecule has 4 heterocycles. The molecular weight excluding hydrogens is 438 g/mol. The van der Waals surface area contributed by atoms with Crippen LogP contribution in [0.25, 0.3) is 33.6 Å².